The van der Waals surface area contributed by atoms with Gasteiger partial charge in [0, 0.05) is 25.7 Å². The van der Waals surface area contributed by atoms with Crippen LogP contribution < -0.4 is 38.1 Å². The molecule has 2 aromatic carbocycles. The van der Waals surface area contributed by atoms with Crippen molar-refractivity contribution in [2.45, 2.75) is 192 Å². The maximum Gasteiger partial charge on any atom is 0.326 e. The van der Waals surface area contributed by atoms with Crippen molar-refractivity contribution in [2.24, 2.45) is 23.3 Å². The average molecular weight is 946 g/mol. The summed E-state index contributed by atoms with van der Waals surface area (Å²) in [6.07, 6.45) is 17.3. The van der Waals surface area contributed by atoms with Gasteiger partial charge >= 0.3 is 5.97 Å². The zero-order valence-corrected chi connectivity index (χ0v) is 40.4. The van der Waals surface area contributed by atoms with Crippen LogP contribution in [0.3, 0.4) is 0 Å². The summed E-state index contributed by atoms with van der Waals surface area (Å²) in [5.74, 6) is -4.80. The molecule has 0 spiro atoms. The quantitative estimate of drug-likeness (QED) is 0.0409. The first-order valence-electron chi connectivity index (χ1n) is 25.0. The SMILES string of the molecule is CC[C@H](C)[C@@H](NC(=O)C(CC1CCCC1)NC(=O)CCCCCCCCCCCCCCC(=O)N[C@H](CC(=O)N[C@@H](Cc1ccccc1)C(=O)O)C(N)=O)C(=O)N[C@@H](Cc1ccccc1)C(N)=O. The second-order valence-electron chi connectivity index (χ2n) is 18.6. The van der Waals surface area contributed by atoms with Gasteiger partial charge in [0.15, 0.2) is 0 Å². The molecule has 0 heterocycles. The monoisotopic (exact) mass is 946 g/mol. The number of carboxylic acids is 1. The van der Waals surface area contributed by atoms with E-state index in [1.54, 1.807) is 30.3 Å². The van der Waals surface area contributed by atoms with E-state index in [2.05, 4.69) is 26.6 Å². The van der Waals surface area contributed by atoms with E-state index in [1.807, 2.05) is 44.2 Å². The fourth-order valence-corrected chi connectivity index (χ4v) is 8.68. The van der Waals surface area contributed by atoms with Gasteiger partial charge in [-0.3, -0.25) is 33.6 Å². The van der Waals surface area contributed by atoms with E-state index >= 15 is 0 Å². The highest BCUT2D eigenvalue weighted by molar-refractivity contribution is 5.94. The van der Waals surface area contributed by atoms with Crippen molar-refractivity contribution in [1.29, 1.82) is 0 Å². The van der Waals surface area contributed by atoms with E-state index in [1.165, 1.54) is 0 Å². The van der Waals surface area contributed by atoms with Gasteiger partial charge in [0.05, 0.1) is 6.42 Å². The van der Waals surface area contributed by atoms with Crippen LogP contribution in [0.25, 0.3) is 0 Å². The molecule has 10 N–H and O–H groups in total. The lowest BCUT2D eigenvalue weighted by Gasteiger charge is -2.28. The van der Waals surface area contributed by atoms with Gasteiger partial charge in [-0.25, -0.2) is 4.79 Å². The number of hydrogen-bond donors (Lipinski definition) is 8. The summed E-state index contributed by atoms with van der Waals surface area (Å²) >= 11 is 0. The van der Waals surface area contributed by atoms with E-state index in [4.69, 9.17) is 11.5 Å². The van der Waals surface area contributed by atoms with Crippen LogP contribution in [0.5, 0.6) is 0 Å². The lowest BCUT2D eigenvalue weighted by atomic mass is 9.94. The van der Waals surface area contributed by atoms with Crippen LogP contribution >= 0.6 is 0 Å². The Labute approximate surface area is 403 Å². The largest absolute Gasteiger partial charge is 0.480 e. The zero-order chi connectivity index (χ0) is 49.7. The number of benzene rings is 2. The summed E-state index contributed by atoms with van der Waals surface area (Å²) < 4.78 is 0. The molecule has 68 heavy (non-hydrogen) atoms. The topological polar surface area (TPSA) is 269 Å². The van der Waals surface area contributed by atoms with Crippen LogP contribution in [0.4, 0.5) is 0 Å². The first-order valence-corrected chi connectivity index (χ1v) is 25.0. The van der Waals surface area contributed by atoms with Gasteiger partial charge in [-0.1, -0.05) is 171 Å². The summed E-state index contributed by atoms with van der Waals surface area (Å²) in [4.78, 5) is 102. The fraction of sp³-hybridized carbons (Fsp3) is 0.615. The maximum atomic E-state index is 13.8. The van der Waals surface area contributed by atoms with E-state index in [9.17, 15) is 43.5 Å². The van der Waals surface area contributed by atoms with Crippen molar-refractivity contribution in [3.05, 3.63) is 71.8 Å². The molecule has 1 aliphatic rings. The predicted octanol–water partition coefficient (Wildman–Crippen LogP) is 5.43. The number of primary amides is 2. The van der Waals surface area contributed by atoms with Crippen molar-refractivity contribution >= 4 is 47.3 Å². The number of nitrogens with two attached hydrogens (primary N) is 2. The normalized spacial score (nSPS) is 15.1. The Morgan fingerprint density at radius 1 is 0.544 bits per heavy atom. The van der Waals surface area contributed by atoms with Gasteiger partial charge in [0.1, 0.15) is 30.2 Å². The van der Waals surface area contributed by atoms with Crippen LogP contribution in [0.15, 0.2) is 60.7 Å². The van der Waals surface area contributed by atoms with Crippen LogP contribution in [0.2, 0.25) is 0 Å². The maximum absolute atomic E-state index is 13.8. The third-order valence-corrected chi connectivity index (χ3v) is 13.0. The highest BCUT2D eigenvalue weighted by Gasteiger charge is 2.33. The van der Waals surface area contributed by atoms with Crippen molar-refractivity contribution in [2.75, 3.05) is 0 Å². The number of unbranched alkanes of at least 4 members (excludes halogenated alkanes) is 11. The molecule has 1 fully saturated rings. The summed E-state index contributed by atoms with van der Waals surface area (Å²) in [6, 6.07) is 13.1. The van der Waals surface area contributed by atoms with Gasteiger partial charge in [0.2, 0.25) is 41.4 Å². The Kier molecular flexibility index (Phi) is 26.6. The summed E-state index contributed by atoms with van der Waals surface area (Å²) in [5.41, 5.74) is 12.7. The molecular formula is C52H79N7O9. The molecular weight excluding hydrogens is 867 g/mol. The lowest BCUT2D eigenvalue weighted by molar-refractivity contribution is -0.142. The molecule has 16 nitrogen and oxygen atoms in total. The molecule has 6 atom stereocenters. The molecule has 376 valence electrons. The molecule has 0 bridgehead atoms. The summed E-state index contributed by atoms with van der Waals surface area (Å²) in [5, 5.41) is 23.2. The van der Waals surface area contributed by atoms with Crippen molar-refractivity contribution < 1.29 is 43.5 Å². The Morgan fingerprint density at radius 2 is 0.971 bits per heavy atom. The highest BCUT2D eigenvalue weighted by atomic mass is 16.4. The van der Waals surface area contributed by atoms with Crippen LogP contribution in [-0.2, 0) is 51.2 Å². The first kappa shape index (κ1) is 56.5. The average Bonchev–Trinajstić information content (AvgIpc) is 3.83. The van der Waals surface area contributed by atoms with Gasteiger partial charge in [0.25, 0.3) is 0 Å². The number of rotatable bonds is 35. The molecule has 1 aliphatic carbocycles. The molecule has 0 saturated heterocycles. The third-order valence-electron chi connectivity index (χ3n) is 13.0. The number of nitrogens with one attached hydrogen (secondary N) is 5. The lowest BCUT2D eigenvalue weighted by Crippen LogP contribution is -2.58. The molecule has 1 unspecified atom stereocenters. The second-order valence-corrected chi connectivity index (χ2v) is 18.6. The first-order chi connectivity index (χ1) is 32.7. The molecule has 7 amide bonds. The van der Waals surface area contributed by atoms with E-state index < -0.39 is 72.1 Å². The third kappa shape index (κ3) is 22.8. The molecule has 0 radical (unpaired) electrons. The number of hydrogen-bond acceptors (Lipinski definition) is 8. The smallest absolute Gasteiger partial charge is 0.326 e. The Balaban J connectivity index is 1.28. The predicted molar refractivity (Wildman–Crippen MR) is 261 cm³/mol. The minimum absolute atomic E-state index is 0.0687. The van der Waals surface area contributed by atoms with E-state index in [-0.39, 0.29) is 37.0 Å². The Morgan fingerprint density at radius 3 is 1.41 bits per heavy atom. The van der Waals surface area contributed by atoms with E-state index in [0.717, 1.165) is 107 Å². The molecule has 0 aromatic heterocycles. The minimum atomic E-state index is -1.24. The number of carbonyl (C=O) groups excluding carboxylic acids is 7. The van der Waals surface area contributed by atoms with Gasteiger partial charge in [-0.2, -0.15) is 0 Å². The Hall–Kier alpha value is -5.80. The number of carboxylic acid groups (broad SMARTS) is 1. The van der Waals surface area contributed by atoms with Crippen LogP contribution in [-0.4, -0.2) is 82.6 Å². The highest BCUT2D eigenvalue weighted by Crippen LogP contribution is 2.29. The molecule has 1 saturated carbocycles. The second kappa shape index (κ2) is 32.0. The van der Waals surface area contributed by atoms with Crippen molar-refractivity contribution in [3.8, 4) is 0 Å². The van der Waals surface area contributed by atoms with Gasteiger partial charge < -0.3 is 43.2 Å². The van der Waals surface area contributed by atoms with Gasteiger partial charge in [-0.15, -0.1) is 0 Å². The molecule has 0 aliphatic heterocycles. The summed E-state index contributed by atoms with van der Waals surface area (Å²) in [6.45, 7) is 3.80. The minimum Gasteiger partial charge on any atom is -0.480 e. The van der Waals surface area contributed by atoms with Gasteiger partial charge in [-0.05, 0) is 42.2 Å². The number of aliphatic carboxylic acids is 1. The summed E-state index contributed by atoms with van der Waals surface area (Å²) in [7, 11) is 0. The van der Waals surface area contributed by atoms with E-state index in [0.29, 0.717) is 31.6 Å². The number of carbonyl (C=O) groups is 8. The molecule has 16 heteroatoms. The van der Waals surface area contributed by atoms with Crippen molar-refractivity contribution in [3.63, 3.8) is 0 Å². The van der Waals surface area contributed by atoms with Crippen LogP contribution in [0.1, 0.15) is 160 Å². The molecule has 3 rings (SSSR count). The van der Waals surface area contributed by atoms with Crippen LogP contribution in [0, 0.1) is 11.8 Å². The Bertz CT molecular complexity index is 1880. The number of amides is 7. The van der Waals surface area contributed by atoms with Crippen molar-refractivity contribution in [1.82, 2.24) is 26.6 Å². The standard InChI is InChI=1S/C52H79N7O9/c1-3-36(2)47(51(66)58-40(48(53)63)32-37-24-16-14-17-25-37)59-50(65)42(33-38-28-22-23-29-38)56-45(61)31-21-13-11-9-7-5-4-6-8-10-12-20-30-44(60)55-41(49(54)64)35-46(62)57-43(52(67)68)34-39-26-18-15-19-27-39/h14-19,24-27,36,38,40-43,47H,3-13,20-23,28-35H2,1-2H3,(H2,53,63)(H2,54,64)(H,55,60)(H,56,61)(H,57,62)(H,58,66)(H,59,65)(H,67,68)/t36-,40-,41+,42?,43-,47+/m0/s1. The fourth-order valence-electron chi connectivity index (χ4n) is 8.68. The molecule has 2 aromatic rings. The zero-order valence-electron chi connectivity index (χ0n) is 40.4.